The summed E-state index contributed by atoms with van der Waals surface area (Å²) in [5.41, 5.74) is 1.91. The normalized spacial score (nSPS) is 10.6. The van der Waals surface area contributed by atoms with Crippen molar-refractivity contribution in [3.8, 4) is 0 Å². The molecular formula is C15H9BrFN3O. The highest BCUT2D eigenvalue weighted by Crippen LogP contribution is 2.21. The monoisotopic (exact) mass is 345 g/mol. The first-order valence-corrected chi connectivity index (χ1v) is 6.90. The summed E-state index contributed by atoms with van der Waals surface area (Å²) in [6, 6.07) is 9.56. The molecule has 1 amide bonds. The van der Waals surface area contributed by atoms with Crippen LogP contribution in [-0.2, 0) is 0 Å². The lowest BCUT2D eigenvalue weighted by molar-refractivity contribution is 0.102. The van der Waals surface area contributed by atoms with Gasteiger partial charge in [0.25, 0.3) is 5.91 Å². The van der Waals surface area contributed by atoms with Gasteiger partial charge in [0.1, 0.15) is 11.3 Å². The summed E-state index contributed by atoms with van der Waals surface area (Å²) in [4.78, 5) is 20.6. The topological polar surface area (TPSA) is 54.9 Å². The maximum absolute atomic E-state index is 13.5. The van der Waals surface area contributed by atoms with Crippen molar-refractivity contribution in [1.82, 2.24) is 9.97 Å². The van der Waals surface area contributed by atoms with Crippen LogP contribution >= 0.6 is 15.9 Å². The van der Waals surface area contributed by atoms with Crippen LogP contribution in [0.2, 0.25) is 0 Å². The Balaban J connectivity index is 1.95. The number of para-hydroxylation sites is 1. The first-order valence-electron chi connectivity index (χ1n) is 6.11. The summed E-state index contributed by atoms with van der Waals surface area (Å²) < 4.78 is 13.8. The van der Waals surface area contributed by atoms with Crippen LogP contribution in [0, 0.1) is 5.82 Å². The Hall–Kier alpha value is -2.34. The number of halogens is 2. The van der Waals surface area contributed by atoms with Gasteiger partial charge in [0.05, 0.1) is 15.6 Å². The zero-order chi connectivity index (χ0) is 14.8. The van der Waals surface area contributed by atoms with E-state index in [4.69, 9.17) is 0 Å². The fraction of sp³-hybridized carbons (Fsp3) is 0. The molecule has 21 heavy (non-hydrogen) atoms. The van der Waals surface area contributed by atoms with E-state index in [1.807, 2.05) is 0 Å². The van der Waals surface area contributed by atoms with E-state index in [0.717, 1.165) is 0 Å². The third-order valence-corrected chi connectivity index (χ3v) is 3.56. The van der Waals surface area contributed by atoms with Gasteiger partial charge in [-0.2, -0.15) is 0 Å². The van der Waals surface area contributed by atoms with Gasteiger partial charge in [-0.25, -0.2) is 4.39 Å². The first-order chi connectivity index (χ1) is 10.1. The van der Waals surface area contributed by atoms with Gasteiger partial charge in [0.2, 0.25) is 0 Å². The number of rotatable bonds is 2. The number of hydrogen-bond donors (Lipinski definition) is 1. The van der Waals surface area contributed by atoms with Crippen molar-refractivity contribution in [3.05, 3.63) is 64.6 Å². The number of fused-ring (bicyclic) bond motifs is 1. The van der Waals surface area contributed by atoms with Gasteiger partial charge in [-0.15, -0.1) is 0 Å². The number of nitrogens with one attached hydrogen (secondary N) is 1. The Bertz CT molecular complexity index is 833. The number of nitrogens with zero attached hydrogens (tertiary/aromatic N) is 2. The summed E-state index contributed by atoms with van der Waals surface area (Å²) in [5, 5.41) is 2.65. The summed E-state index contributed by atoms with van der Waals surface area (Å²) in [6.45, 7) is 0. The SMILES string of the molecule is O=C(Nc1ccc(Br)c(F)c1)c1cccc2nccnc12. The minimum Gasteiger partial charge on any atom is -0.322 e. The lowest BCUT2D eigenvalue weighted by atomic mass is 10.1. The maximum atomic E-state index is 13.5. The molecule has 1 N–H and O–H groups in total. The Morgan fingerprint density at radius 2 is 1.95 bits per heavy atom. The predicted octanol–water partition coefficient (Wildman–Crippen LogP) is 3.78. The van der Waals surface area contributed by atoms with Crippen molar-refractivity contribution in [2.45, 2.75) is 0 Å². The average Bonchev–Trinajstić information content (AvgIpc) is 2.50. The molecule has 1 aromatic heterocycles. The largest absolute Gasteiger partial charge is 0.322 e. The minimum absolute atomic E-state index is 0.344. The first kappa shape index (κ1) is 13.6. The van der Waals surface area contributed by atoms with E-state index in [-0.39, 0.29) is 5.91 Å². The van der Waals surface area contributed by atoms with E-state index >= 15 is 0 Å². The molecule has 0 spiro atoms. The van der Waals surface area contributed by atoms with E-state index in [2.05, 4.69) is 31.2 Å². The summed E-state index contributed by atoms with van der Waals surface area (Å²) in [6.07, 6.45) is 3.09. The van der Waals surface area contributed by atoms with Gasteiger partial charge in [0.15, 0.2) is 0 Å². The zero-order valence-electron chi connectivity index (χ0n) is 10.7. The standard InChI is InChI=1S/C15H9BrFN3O/c16-11-5-4-9(8-12(11)17)20-15(21)10-2-1-3-13-14(10)19-7-6-18-13/h1-8H,(H,20,21). The molecule has 0 radical (unpaired) electrons. The molecule has 104 valence electrons. The van der Waals surface area contributed by atoms with E-state index in [9.17, 15) is 9.18 Å². The van der Waals surface area contributed by atoms with Crippen molar-refractivity contribution in [1.29, 1.82) is 0 Å². The van der Waals surface area contributed by atoms with Crippen LogP contribution in [0.5, 0.6) is 0 Å². The Labute approximate surface area is 128 Å². The van der Waals surface area contributed by atoms with Crippen molar-refractivity contribution in [3.63, 3.8) is 0 Å². The number of anilines is 1. The Morgan fingerprint density at radius 1 is 1.14 bits per heavy atom. The molecule has 0 aliphatic heterocycles. The Kier molecular flexibility index (Phi) is 3.62. The van der Waals surface area contributed by atoms with E-state index in [0.29, 0.717) is 26.8 Å². The number of hydrogen-bond acceptors (Lipinski definition) is 3. The molecule has 0 aliphatic rings. The molecule has 3 aromatic rings. The summed E-state index contributed by atoms with van der Waals surface area (Å²) >= 11 is 3.07. The number of amides is 1. The Morgan fingerprint density at radius 3 is 2.76 bits per heavy atom. The van der Waals surface area contributed by atoms with Gasteiger partial charge in [0, 0.05) is 18.1 Å². The molecule has 0 fully saturated rings. The van der Waals surface area contributed by atoms with Crippen LogP contribution in [-0.4, -0.2) is 15.9 Å². The molecule has 2 aromatic carbocycles. The highest BCUT2D eigenvalue weighted by atomic mass is 79.9. The van der Waals surface area contributed by atoms with Crippen LogP contribution < -0.4 is 5.32 Å². The second-order valence-electron chi connectivity index (χ2n) is 4.31. The third-order valence-electron chi connectivity index (χ3n) is 2.92. The van der Waals surface area contributed by atoms with Gasteiger partial charge in [-0.05, 0) is 46.3 Å². The molecule has 0 saturated heterocycles. The average molecular weight is 346 g/mol. The van der Waals surface area contributed by atoms with Crippen LogP contribution in [0.3, 0.4) is 0 Å². The number of carbonyl (C=O) groups is 1. The number of aromatic nitrogens is 2. The summed E-state index contributed by atoms with van der Waals surface area (Å²) in [7, 11) is 0. The number of benzene rings is 2. The molecule has 4 nitrogen and oxygen atoms in total. The number of carbonyl (C=O) groups excluding carboxylic acids is 1. The van der Waals surface area contributed by atoms with Crippen molar-refractivity contribution in [2.24, 2.45) is 0 Å². The minimum atomic E-state index is -0.439. The second-order valence-corrected chi connectivity index (χ2v) is 5.17. The highest BCUT2D eigenvalue weighted by Gasteiger charge is 2.12. The van der Waals surface area contributed by atoms with E-state index in [1.165, 1.54) is 18.3 Å². The van der Waals surface area contributed by atoms with Gasteiger partial charge < -0.3 is 5.32 Å². The van der Waals surface area contributed by atoms with Crippen molar-refractivity contribution < 1.29 is 9.18 Å². The molecular weight excluding hydrogens is 337 g/mol. The second kappa shape index (κ2) is 5.57. The third kappa shape index (κ3) is 2.75. The quantitative estimate of drug-likeness (QED) is 0.768. The molecule has 0 atom stereocenters. The smallest absolute Gasteiger partial charge is 0.257 e. The highest BCUT2D eigenvalue weighted by molar-refractivity contribution is 9.10. The lowest BCUT2D eigenvalue weighted by Crippen LogP contribution is -2.13. The maximum Gasteiger partial charge on any atom is 0.257 e. The van der Waals surface area contributed by atoms with E-state index < -0.39 is 5.82 Å². The van der Waals surface area contributed by atoms with Crippen LogP contribution in [0.15, 0.2) is 53.3 Å². The predicted molar refractivity (Wildman–Crippen MR) is 81.6 cm³/mol. The van der Waals surface area contributed by atoms with Crippen LogP contribution in [0.1, 0.15) is 10.4 Å². The van der Waals surface area contributed by atoms with Crippen molar-refractivity contribution >= 4 is 38.6 Å². The van der Waals surface area contributed by atoms with Gasteiger partial charge >= 0.3 is 0 Å². The summed E-state index contributed by atoms with van der Waals surface area (Å²) in [5.74, 6) is -0.798. The van der Waals surface area contributed by atoms with E-state index in [1.54, 1.807) is 30.5 Å². The molecule has 1 heterocycles. The van der Waals surface area contributed by atoms with Crippen LogP contribution in [0.4, 0.5) is 10.1 Å². The molecule has 0 bridgehead atoms. The fourth-order valence-electron chi connectivity index (χ4n) is 1.95. The molecule has 3 rings (SSSR count). The van der Waals surface area contributed by atoms with Crippen LogP contribution in [0.25, 0.3) is 11.0 Å². The lowest BCUT2D eigenvalue weighted by Gasteiger charge is -2.07. The molecule has 0 aliphatic carbocycles. The van der Waals surface area contributed by atoms with Gasteiger partial charge in [-0.3, -0.25) is 14.8 Å². The zero-order valence-corrected chi connectivity index (χ0v) is 12.3. The fourth-order valence-corrected chi connectivity index (χ4v) is 2.19. The van der Waals surface area contributed by atoms with Crippen molar-refractivity contribution in [2.75, 3.05) is 5.32 Å². The molecule has 6 heteroatoms. The van der Waals surface area contributed by atoms with Gasteiger partial charge in [-0.1, -0.05) is 6.07 Å². The molecule has 0 unspecified atom stereocenters. The molecule has 0 saturated carbocycles.